The summed E-state index contributed by atoms with van der Waals surface area (Å²) in [6.07, 6.45) is 2.38. The molecule has 0 bridgehead atoms. The number of amides is 1. The largest absolute Gasteiger partial charge is 0.444 e. The first-order valence-corrected chi connectivity index (χ1v) is 11.9. The second kappa shape index (κ2) is 11.1. The minimum absolute atomic E-state index is 0.377. The number of rotatable bonds is 10. The lowest BCUT2D eigenvalue weighted by Crippen LogP contribution is -2.35. The van der Waals surface area contributed by atoms with Gasteiger partial charge in [0.1, 0.15) is 5.60 Å². The van der Waals surface area contributed by atoms with E-state index in [1.165, 1.54) is 0 Å². The van der Waals surface area contributed by atoms with Gasteiger partial charge in [-0.05, 0) is 38.3 Å². The number of hydrogen-bond acceptors (Lipinski definition) is 8. The molecule has 2 N–H and O–H groups in total. The summed E-state index contributed by atoms with van der Waals surface area (Å²) in [4.78, 5) is 21.2. The number of nitrogens with one attached hydrogen (secondary N) is 2. The number of ether oxygens (including phenoxy) is 1. The van der Waals surface area contributed by atoms with Gasteiger partial charge in [-0.1, -0.05) is 60.8 Å². The Morgan fingerprint density at radius 1 is 1.21 bits per heavy atom. The lowest BCUT2D eigenvalue weighted by atomic mass is 10.1. The monoisotopic (exact) mass is 469 g/mol. The van der Waals surface area contributed by atoms with Crippen LogP contribution in [0.5, 0.6) is 0 Å². The van der Waals surface area contributed by atoms with Crippen LogP contribution in [-0.2, 0) is 11.3 Å². The van der Waals surface area contributed by atoms with Crippen LogP contribution in [0.3, 0.4) is 0 Å². The van der Waals surface area contributed by atoms with Crippen molar-refractivity contribution >= 4 is 40.9 Å². The van der Waals surface area contributed by atoms with Gasteiger partial charge in [0, 0.05) is 18.8 Å². The zero-order chi connectivity index (χ0) is 23.8. The smallest absolute Gasteiger partial charge is 0.407 e. The molecule has 1 amide bonds. The molecule has 9 nitrogen and oxygen atoms in total. The van der Waals surface area contributed by atoms with Gasteiger partial charge in [0.05, 0.1) is 6.54 Å². The van der Waals surface area contributed by atoms with E-state index in [1.54, 1.807) is 16.4 Å². The highest BCUT2D eigenvalue weighted by atomic mass is 32.2. The van der Waals surface area contributed by atoms with E-state index in [0.717, 1.165) is 23.3 Å². The molecule has 0 unspecified atom stereocenters. The molecule has 0 aliphatic heterocycles. The second-order valence-electron chi connectivity index (χ2n) is 8.42. The first kappa shape index (κ1) is 24.5. The van der Waals surface area contributed by atoms with E-state index in [2.05, 4.69) is 39.4 Å². The molecule has 33 heavy (non-hydrogen) atoms. The molecule has 0 fully saturated rings. The Morgan fingerprint density at radius 3 is 2.64 bits per heavy atom. The van der Waals surface area contributed by atoms with Crippen molar-refractivity contribution in [2.75, 3.05) is 24.2 Å². The van der Waals surface area contributed by atoms with Gasteiger partial charge < -0.3 is 15.4 Å². The fraction of sp³-hybridized carbons (Fsp3) is 0.435. The lowest BCUT2D eigenvalue weighted by Gasteiger charge is -2.19. The predicted molar refractivity (Wildman–Crippen MR) is 132 cm³/mol. The molecule has 2 aromatic heterocycles. The van der Waals surface area contributed by atoms with Crippen LogP contribution in [0.15, 0.2) is 36.0 Å². The van der Waals surface area contributed by atoms with E-state index in [-0.39, 0.29) is 0 Å². The molecule has 0 radical (unpaired) electrons. The van der Waals surface area contributed by atoms with Crippen molar-refractivity contribution in [1.82, 2.24) is 30.3 Å². The number of thioether (sulfide) groups is 1. The third kappa shape index (κ3) is 7.18. The van der Waals surface area contributed by atoms with Gasteiger partial charge >= 0.3 is 6.09 Å². The Labute approximate surface area is 198 Å². The highest BCUT2D eigenvalue weighted by molar-refractivity contribution is 7.99. The summed E-state index contributed by atoms with van der Waals surface area (Å²) >= 11 is 1.59. The molecule has 3 rings (SSSR count). The number of fused-ring (bicyclic) bond motifs is 1. The maximum Gasteiger partial charge on any atom is 0.407 e. The Kier molecular flexibility index (Phi) is 8.26. The summed E-state index contributed by atoms with van der Waals surface area (Å²) in [5, 5.41) is 15.3. The van der Waals surface area contributed by atoms with Crippen molar-refractivity contribution in [3.05, 3.63) is 42.0 Å². The number of alkyl carbamates (subject to hydrolysis) is 1. The molecule has 1 aromatic carbocycles. The fourth-order valence-corrected chi connectivity index (χ4v) is 3.61. The summed E-state index contributed by atoms with van der Waals surface area (Å²) in [6, 6.07) is 8.12. The van der Waals surface area contributed by atoms with Gasteiger partial charge in [0.15, 0.2) is 22.1 Å². The summed E-state index contributed by atoms with van der Waals surface area (Å²) in [7, 11) is 0. The number of carbonyl (C=O) groups excluding carboxylic acids is 1. The molecule has 3 aromatic rings. The molecule has 176 valence electrons. The average molecular weight is 470 g/mol. The molecule has 0 saturated carbocycles. The normalized spacial score (nSPS) is 11.4. The third-order valence-corrected chi connectivity index (χ3v) is 5.46. The van der Waals surface area contributed by atoms with Crippen molar-refractivity contribution < 1.29 is 9.53 Å². The number of hydrogen-bond donors (Lipinski definition) is 2. The van der Waals surface area contributed by atoms with Crippen molar-refractivity contribution in [2.24, 2.45) is 0 Å². The predicted octanol–water partition coefficient (Wildman–Crippen LogP) is 4.35. The molecule has 0 aliphatic rings. The van der Waals surface area contributed by atoms with E-state index >= 15 is 0 Å². The summed E-state index contributed by atoms with van der Waals surface area (Å²) in [5.41, 5.74) is 2.88. The first-order valence-electron chi connectivity index (χ1n) is 10.9. The topological polar surface area (TPSA) is 107 Å². The Morgan fingerprint density at radius 2 is 1.97 bits per heavy atom. The maximum atomic E-state index is 11.9. The third-order valence-electron chi connectivity index (χ3n) is 4.41. The zero-order valence-electron chi connectivity index (χ0n) is 19.6. The summed E-state index contributed by atoms with van der Waals surface area (Å²) in [6.45, 7) is 12.8. The van der Waals surface area contributed by atoms with Gasteiger partial charge in [-0.2, -0.15) is 0 Å². The van der Waals surface area contributed by atoms with E-state index in [9.17, 15) is 4.79 Å². The average Bonchev–Trinajstić information content (AvgIpc) is 3.17. The Balaban J connectivity index is 1.75. The highest BCUT2D eigenvalue weighted by Crippen LogP contribution is 2.23. The van der Waals surface area contributed by atoms with Gasteiger partial charge in [-0.3, -0.25) is 0 Å². The molecule has 10 heteroatoms. The zero-order valence-corrected chi connectivity index (χ0v) is 20.4. The Bertz CT molecular complexity index is 1090. The van der Waals surface area contributed by atoms with Crippen LogP contribution >= 0.6 is 11.8 Å². The number of nitrogens with zero attached hydrogens (tertiary/aromatic N) is 5. The number of benzene rings is 1. The molecule has 0 atom stereocenters. The molecule has 0 saturated heterocycles. The van der Waals surface area contributed by atoms with E-state index < -0.39 is 11.7 Å². The number of anilines is 1. The minimum Gasteiger partial charge on any atom is -0.444 e. The van der Waals surface area contributed by atoms with Crippen molar-refractivity contribution in [3.8, 4) is 0 Å². The highest BCUT2D eigenvalue weighted by Gasteiger charge is 2.17. The van der Waals surface area contributed by atoms with E-state index in [1.807, 2.05) is 51.1 Å². The van der Waals surface area contributed by atoms with Crippen molar-refractivity contribution in [2.45, 2.75) is 51.4 Å². The molecule has 0 spiro atoms. The van der Waals surface area contributed by atoms with Crippen molar-refractivity contribution in [3.63, 3.8) is 0 Å². The first-order chi connectivity index (χ1) is 15.8. The van der Waals surface area contributed by atoms with Crippen LogP contribution in [0.4, 0.5) is 10.6 Å². The summed E-state index contributed by atoms with van der Waals surface area (Å²) in [5.74, 6) is 1.51. The van der Waals surface area contributed by atoms with Crippen LogP contribution in [0.2, 0.25) is 0 Å². The van der Waals surface area contributed by atoms with E-state index in [0.29, 0.717) is 41.8 Å². The van der Waals surface area contributed by atoms with Gasteiger partial charge in [0.25, 0.3) is 0 Å². The van der Waals surface area contributed by atoms with Crippen LogP contribution < -0.4 is 10.6 Å². The number of carbonyl (C=O) groups is 1. The lowest BCUT2D eigenvalue weighted by molar-refractivity contribution is 0.0530. The van der Waals surface area contributed by atoms with Crippen molar-refractivity contribution in [1.29, 1.82) is 0 Å². The van der Waals surface area contributed by atoms with Crippen LogP contribution in [0.1, 0.15) is 45.2 Å². The number of aromatic nitrogens is 5. The summed E-state index contributed by atoms with van der Waals surface area (Å²) < 4.78 is 7.04. The van der Waals surface area contributed by atoms with Crippen LogP contribution in [-0.4, -0.2) is 55.5 Å². The van der Waals surface area contributed by atoms with E-state index in [4.69, 9.17) is 9.72 Å². The maximum absolute atomic E-state index is 11.9. The fourth-order valence-electron chi connectivity index (χ4n) is 2.92. The molecular formula is C23H31N7O2S. The molecule has 2 heterocycles. The minimum atomic E-state index is -0.535. The van der Waals surface area contributed by atoms with Gasteiger partial charge in [0.2, 0.25) is 0 Å². The molecular weight excluding hydrogens is 438 g/mol. The quantitative estimate of drug-likeness (QED) is 0.256. The standard InChI is InChI=1S/C23H31N7O2S/c1-6-14-33-21-26-19(24-12-13-25-22(31)32-23(3,4)5)18-20(27-21)30(29-28-18)15-17-10-8-16(7-2)9-11-17/h7-11H,2,6,12-15H2,1,3-5H3,(H,25,31)(H,24,26,27). The van der Waals surface area contributed by atoms with Gasteiger partial charge in [-0.15, -0.1) is 5.10 Å². The van der Waals surface area contributed by atoms with Crippen LogP contribution in [0, 0.1) is 0 Å². The molecule has 0 aliphatic carbocycles. The van der Waals surface area contributed by atoms with Gasteiger partial charge in [-0.25, -0.2) is 19.4 Å². The SMILES string of the molecule is C=Cc1ccc(Cn2nnc3c(NCCNC(=O)OC(C)(C)C)nc(SCCC)nc32)cc1. The Hall–Kier alpha value is -3.14. The van der Waals surface area contributed by atoms with Crippen LogP contribution in [0.25, 0.3) is 17.2 Å². The second-order valence-corrected chi connectivity index (χ2v) is 9.49.